The SMILES string of the molecule is Cn1ccnc1SC1CCC(NC(=O)CC2NC(=O)c3ccccc32)CC1. The Kier molecular flexibility index (Phi) is 5.20. The molecule has 1 unspecified atom stereocenters. The number of nitrogens with zero attached hydrogens (tertiary/aromatic N) is 2. The van der Waals surface area contributed by atoms with Crippen LogP contribution in [0.1, 0.15) is 54.1 Å². The van der Waals surface area contributed by atoms with Crippen molar-refractivity contribution in [3.05, 3.63) is 47.8 Å². The molecule has 1 atom stereocenters. The van der Waals surface area contributed by atoms with Crippen molar-refractivity contribution in [2.75, 3.05) is 0 Å². The van der Waals surface area contributed by atoms with Crippen molar-refractivity contribution >= 4 is 23.6 Å². The number of hydrogen-bond acceptors (Lipinski definition) is 4. The zero-order valence-corrected chi connectivity index (χ0v) is 16.2. The molecule has 1 fully saturated rings. The average molecular weight is 385 g/mol. The fourth-order valence-electron chi connectivity index (χ4n) is 3.89. The number of benzene rings is 1. The lowest BCUT2D eigenvalue weighted by molar-refractivity contribution is -0.122. The number of carbonyl (C=O) groups excluding carboxylic acids is 2. The van der Waals surface area contributed by atoms with Crippen molar-refractivity contribution in [1.29, 1.82) is 0 Å². The fraction of sp³-hybridized carbons (Fsp3) is 0.450. The normalized spacial score (nSPS) is 24.3. The zero-order chi connectivity index (χ0) is 18.8. The van der Waals surface area contributed by atoms with Crippen LogP contribution in [0.4, 0.5) is 0 Å². The summed E-state index contributed by atoms with van der Waals surface area (Å²) in [5.74, 6) is -0.0765. The maximum Gasteiger partial charge on any atom is 0.252 e. The van der Waals surface area contributed by atoms with Gasteiger partial charge in [-0.3, -0.25) is 9.59 Å². The van der Waals surface area contributed by atoms with E-state index in [1.807, 2.05) is 60.0 Å². The summed E-state index contributed by atoms with van der Waals surface area (Å²) in [6, 6.07) is 7.49. The number of nitrogens with one attached hydrogen (secondary N) is 2. The molecule has 0 saturated heterocycles. The van der Waals surface area contributed by atoms with E-state index in [9.17, 15) is 9.59 Å². The molecule has 1 saturated carbocycles. The molecule has 142 valence electrons. The summed E-state index contributed by atoms with van der Waals surface area (Å²) >= 11 is 1.83. The van der Waals surface area contributed by atoms with E-state index in [1.165, 1.54) is 0 Å². The van der Waals surface area contributed by atoms with Gasteiger partial charge >= 0.3 is 0 Å². The molecule has 0 bridgehead atoms. The number of imidazole rings is 1. The third-order valence-electron chi connectivity index (χ3n) is 5.36. The molecule has 2 heterocycles. The number of rotatable bonds is 5. The van der Waals surface area contributed by atoms with Crippen LogP contribution in [0.3, 0.4) is 0 Å². The van der Waals surface area contributed by atoms with E-state index in [2.05, 4.69) is 15.6 Å². The summed E-state index contributed by atoms with van der Waals surface area (Å²) < 4.78 is 2.05. The van der Waals surface area contributed by atoms with Crippen LogP contribution in [-0.4, -0.2) is 32.7 Å². The lowest BCUT2D eigenvalue weighted by Gasteiger charge is -2.28. The van der Waals surface area contributed by atoms with E-state index in [0.717, 1.165) is 36.4 Å². The van der Waals surface area contributed by atoms with Crippen LogP contribution in [0.15, 0.2) is 41.8 Å². The highest BCUT2D eigenvalue weighted by Gasteiger charge is 2.30. The number of aromatic nitrogens is 2. The lowest BCUT2D eigenvalue weighted by Crippen LogP contribution is -2.39. The number of carbonyl (C=O) groups is 2. The van der Waals surface area contributed by atoms with Gasteiger partial charge in [0.1, 0.15) is 0 Å². The predicted octanol–water partition coefficient (Wildman–Crippen LogP) is 2.81. The average Bonchev–Trinajstić information content (AvgIpc) is 3.20. The molecule has 0 spiro atoms. The van der Waals surface area contributed by atoms with Crippen LogP contribution in [0.2, 0.25) is 0 Å². The van der Waals surface area contributed by atoms with Crippen LogP contribution < -0.4 is 10.6 Å². The standard InChI is InChI=1S/C20H24N4O2S/c1-24-11-10-21-20(24)27-14-8-6-13(7-9-14)22-18(25)12-17-15-4-2-3-5-16(15)19(26)23-17/h2-5,10-11,13-14,17H,6-9,12H2,1H3,(H,22,25)(H,23,26). The minimum absolute atomic E-state index is 0.0113. The molecule has 2 aromatic rings. The van der Waals surface area contributed by atoms with Gasteiger partial charge in [0.25, 0.3) is 5.91 Å². The Morgan fingerprint density at radius 1 is 1.30 bits per heavy atom. The third kappa shape index (κ3) is 4.03. The number of aryl methyl sites for hydroxylation is 1. The Morgan fingerprint density at radius 3 is 2.81 bits per heavy atom. The first-order chi connectivity index (χ1) is 13.1. The molecule has 7 heteroatoms. The van der Waals surface area contributed by atoms with E-state index >= 15 is 0 Å². The maximum atomic E-state index is 12.5. The van der Waals surface area contributed by atoms with Gasteiger partial charge in [0.05, 0.1) is 12.5 Å². The number of amides is 2. The molecule has 1 aliphatic heterocycles. The van der Waals surface area contributed by atoms with Crippen molar-refractivity contribution in [3.63, 3.8) is 0 Å². The van der Waals surface area contributed by atoms with Crippen LogP contribution in [-0.2, 0) is 11.8 Å². The zero-order valence-electron chi connectivity index (χ0n) is 15.4. The molecule has 2 N–H and O–H groups in total. The summed E-state index contributed by atoms with van der Waals surface area (Å²) in [5, 5.41) is 7.68. The molecular formula is C20H24N4O2S. The first kappa shape index (κ1) is 18.1. The Balaban J connectivity index is 1.25. The quantitative estimate of drug-likeness (QED) is 0.831. The van der Waals surface area contributed by atoms with Crippen molar-refractivity contribution in [1.82, 2.24) is 20.2 Å². The minimum Gasteiger partial charge on any atom is -0.353 e. The second kappa shape index (κ2) is 7.76. The number of hydrogen-bond donors (Lipinski definition) is 2. The second-order valence-electron chi connectivity index (χ2n) is 7.30. The Labute approximate surface area is 163 Å². The summed E-state index contributed by atoms with van der Waals surface area (Å²) in [4.78, 5) is 28.9. The fourth-order valence-corrected chi connectivity index (χ4v) is 5.05. The molecule has 1 aromatic heterocycles. The van der Waals surface area contributed by atoms with E-state index < -0.39 is 0 Å². The summed E-state index contributed by atoms with van der Waals surface area (Å²) in [6.07, 6.45) is 8.22. The van der Waals surface area contributed by atoms with Crippen LogP contribution in [0.5, 0.6) is 0 Å². The van der Waals surface area contributed by atoms with Gasteiger partial charge in [-0.15, -0.1) is 0 Å². The molecule has 4 rings (SSSR count). The number of thioether (sulfide) groups is 1. The summed E-state index contributed by atoms with van der Waals surface area (Å²) in [6.45, 7) is 0. The first-order valence-corrected chi connectivity index (χ1v) is 10.3. The van der Waals surface area contributed by atoms with Crippen LogP contribution in [0.25, 0.3) is 0 Å². The van der Waals surface area contributed by atoms with Crippen molar-refractivity contribution in [2.24, 2.45) is 7.05 Å². The third-order valence-corrected chi connectivity index (χ3v) is 6.77. The van der Waals surface area contributed by atoms with E-state index in [1.54, 1.807) is 0 Å². The van der Waals surface area contributed by atoms with E-state index in [0.29, 0.717) is 17.2 Å². The molecular weight excluding hydrogens is 360 g/mol. The van der Waals surface area contributed by atoms with Gasteiger partial charge in [-0.2, -0.15) is 0 Å². The highest BCUT2D eigenvalue weighted by Crippen LogP contribution is 2.33. The first-order valence-electron chi connectivity index (χ1n) is 9.43. The molecule has 2 aliphatic rings. The molecule has 1 aliphatic carbocycles. The predicted molar refractivity (Wildman–Crippen MR) is 105 cm³/mol. The Hall–Kier alpha value is -2.28. The molecule has 27 heavy (non-hydrogen) atoms. The molecule has 2 amide bonds. The highest BCUT2D eigenvalue weighted by atomic mass is 32.2. The van der Waals surface area contributed by atoms with Gasteiger partial charge in [-0.1, -0.05) is 30.0 Å². The van der Waals surface area contributed by atoms with Gasteiger partial charge in [0.15, 0.2) is 5.16 Å². The van der Waals surface area contributed by atoms with Crippen LogP contribution in [0, 0.1) is 0 Å². The van der Waals surface area contributed by atoms with Gasteiger partial charge in [0, 0.05) is 36.3 Å². The van der Waals surface area contributed by atoms with E-state index in [-0.39, 0.29) is 23.9 Å². The summed E-state index contributed by atoms with van der Waals surface area (Å²) in [5.41, 5.74) is 1.61. The molecule has 6 nitrogen and oxygen atoms in total. The van der Waals surface area contributed by atoms with Crippen molar-refractivity contribution in [2.45, 2.75) is 54.6 Å². The monoisotopic (exact) mass is 384 g/mol. The smallest absolute Gasteiger partial charge is 0.252 e. The lowest BCUT2D eigenvalue weighted by atomic mass is 9.94. The maximum absolute atomic E-state index is 12.5. The minimum atomic E-state index is -0.219. The highest BCUT2D eigenvalue weighted by molar-refractivity contribution is 7.99. The van der Waals surface area contributed by atoms with Crippen LogP contribution >= 0.6 is 11.8 Å². The van der Waals surface area contributed by atoms with Gasteiger partial charge in [-0.25, -0.2) is 4.98 Å². The summed E-state index contributed by atoms with van der Waals surface area (Å²) in [7, 11) is 2.02. The largest absolute Gasteiger partial charge is 0.353 e. The van der Waals surface area contributed by atoms with Gasteiger partial charge in [0.2, 0.25) is 5.91 Å². The topological polar surface area (TPSA) is 76.0 Å². The molecule has 0 radical (unpaired) electrons. The van der Waals surface area contributed by atoms with Gasteiger partial charge in [-0.05, 0) is 37.3 Å². The van der Waals surface area contributed by atoms with Crippen molar-refractivity contribution < 1.29 is 9.59 Å². The molecule has 1 aromatic carbocycles. The Bertz CT molecular complexity index is 842. The number of fused-ring (bicyclic) bond motifs is 1. The van der Waals surface area contributed by atoms with Crippen molar-refractivity contribution in [3.8, 4) is 0 Å². The van der Waals surface area contributed by atoms with E-state index in [4.69, 9.17) is 0 Å². The van der Waals surface area contributed by atoms with Gasteiger partial charge < -0.3 is 15.2 Å². The second-order valence-corrected chi connectivity index (χ2v) is 8.56. The Morgan fingerprint density at radius 2 is 2.07 bits per heavy atom.